The molecule has 9 atom stereocenters. The van der Waals surface area contributed by atoms with Crippen molar-refractivity contribution in [2.45, 2.75) is 89.4 Å². The molecule has 7 aliphatic rings. The van der Waals surface area contributed by atoms with Crippen LogP contribution in [0.3, 0.4) is 0 Å². The van der Waals surface area contributed by atoms with Gasteiger partial charge in [0.1, 0.15) is 11.4 Å². The Kier molecular flexibility index (Phi) is 3.03. The lowest BCUT2D eigenvalue weighted by Crippen LogP contribution is -2.61. The molecule has 7 rings (SSSR count). The second kappa shape index (κ2) is 5.03. The number of epoxide rings is 1. The van der Waals surface area contributed by atoms with Crippen LogP contribution in [-0.2, 0) is 19.1 Å². The predicted octanol–water partition coefficient (Wildman–Crippen LogP) is 3.15. The molecule has 9 unspecified atom stereocenters. The summed E-state index contributed by atoms with van der Waals surface area (Å²) in [5.41, 5.74) is 6.88. The zero-order chi connectivity index (χ0) is 21.6. The van der Waals surface area contributed by atoms with Crippen LogP contribution in [0.5, 0.6) is 0 Å². The van der Waals surface area contributed by atoms with Gasteiger partial charge in [0.25, 0.3) is 0 Å². The van der Waals surface area contributed by atoms with Crippen molar-refractivity contribution < 1.29 is 19.1 Å². The summed E-state index contributed by atoms with van der Waals surface area (Å²) in [5.74, 6) is -0.0974. The first-order valence-electron chi connectivity index (χ1n) is 12.0. The molecule has 2 bridgehead atoms. The summed E-state index contributed by atoms with van der Waals surface area (Å²) in [5, 5.41) is 10.4. The number of carbonyl (C=O) groups is 2. The second-order valence-electron chi connectivity index (χ2n) is 12.1. The molecule has 4 saturated carbocycles. The molecule has 164 valence electrons. The minimum Gasteiger partial charge on any atom is -0.458 e. The molecule has 2 aliphatic heterocycles. The van der Waals surface area contributed by atoms with Crippen LogP contribution in [0.1, 0.15) is 71.6 Å². The Labute approximate surface area is 182 Å². The third kappa shape index (κ3) is 1.71. The number of nitrogens with two attached hydrogens (primary N) is 1. The van der Waals surface area contributed by atoms with E-state index in [9.17, 15) is 14.9 Å². The summed E-state index contributed by atoms with van der Waals surface area (Å²) in [6, 6.07) is 2.63. The molecule has 6 nitrogen and oxygen atoms in total. The first kappa shape index (κ1) is 18.7. The van der Waals surface area contributed by atoms with Crippen molar-refractivity contribution in [3.05, 3.63) is 11.3 Å². The van der Waals surface area contributed by atoms with Crippen LogP contribution >= 0.6 is 0 Å². The van der Waals surface area contributed by atoms with Crippen molar-refractivity contribution in [1.82, 2.24) is 0 Å². The molecule has 2 spiro atoms. The molecular formula is C25H30N2O4. The summed E-state index contributed by atoms with van der Waals surface area (Å²) in [6.07, 6.45) is 7.10. The highest BCUT2D eigenvalue weighted by atomic mass is 16.6. The van der Waals surface area contributed by atoms with Gasteiger partial charge in [-0.3, -0.25) is 9.59 Å². The van der Waals surface area contributed by atoms with Crippen LogP contribution in [0.15, 0.2) is 11.3 Å². The predicted molar refractivity (Wildman–Crippen MR) is 109 cm³/mol. The van der Waals surface area contributed by atoms with Gasteiger partial charge in [-0.05, 0) is 61.9 Å². The smallest absolute Gasteiger partial charge is 0.306 e. The van der Waals surface area contributed by atoms with E-state index >= 15 is 0 Å². The van der Waals surface area contributed by atoms with E-state index in [0.717, 1.165) is 44.1 Å². The van der Waals surface area contributed by atoms with Gasteiger partial charge in [-0.1, -0.05) is 13.8 Å². The number of fused-ring (bicyclic) bond motifs is 7. The quantitative estimate of drug-likeness (QED) is 0.475. The molecule has 0 aromatic heterocycles. The van der Waals surface area contributed by atoms with Crippen molar-refractivity contribution in [2.24, 2.45) is 39.2 Å². The van der Waals surface area contributed by atoms with Crippen molar-refractivity contribution >= 4 is 11.8 Å². The van der Waals surface area contributed by atoms with Crippen LogP contribution in [-0.4, -0.2) is 29.6 Å². The van der Waals surface area contributed by atoms with E-state index in [0.29, 0.717) is 30.9 Å². The summed E-state index contributed by atoms with van der Waals surface area (Å²) in [4.78, 5) is 25.3. The first-order chi connectivity index (χ1) is 14.7. The van der Waals surface area contributed by atoms with Crippen LogP contribution in [0, 0.1) is 44.8 Å². The highest BCUT2D eigenvalue weighted by molar-refractivity contribution is 5.88. The number of ether oxygens (including phenoxy) is 2. The highest BCUT2D eigenvalue weighted by Crippen LogP contribution is 2.80. The number of carbonyl (C=O) groups excluding carboxylic acids is 2. The van der Waals surface area contributed by atoms with Gasteiger partial charge in [-0.2, -0.15) is 5.26 Å². The lowest BCUT2D eigenvalue weighted by Gasteiger charge is -2.61. The van der Waals surface area contributed by atoms with Gasteiger partial charge in [0.05, 0.1) is 29.6 Å². The molecule has 0 aromatic rings. The zero-order valence-electron chi connectivity index (χ0n) is 18.3. The minimum absolute atomic E-state index is 0.0742. The summed E-state index contributed by atoms with van der Waals surface area (Å²) < 4.78 is 12.5. The van der Waals surface area contributed by atoms with E-state index in [2.05, 4.69) is 19.9 Å². The topological polar surface area (TPSA) is 106 Å². The zero-order valence-corrected chi connectivity index (χ0v) is 18.3. The Hall–Kier alpha value is -1.87. The Balaban J connectivity index is 1.44. The van der Waals surface area contributed by atoms with Gasteiger partial charge >= 0.3 is 5.97 Å². The lowest BCUT2D eigenvalue weighted by atomic mass is 9.40. The van der Waals surface area contributed by atoms with E-state index in [1.54, 1.807) is 0 Å². The highest BCUT2D eigenvalue weighted by Gasteiger charge is 2.81. The fourth-order valence-electron chi connectivity index (χ4n) is 10.00. The molecule has 5 aliphatic carbocycles. The largest absolute Gasteiger partial charge is 0.458 e. The Bertz CT molecular complexity index is 1040. The van der Waals surface area contributed by atoms with Gasteiger partial charge < -0.3 is 15.2 Å². The number of nitrogens with zero attached hydrogens (tertiary/aromatic N) is 1. The number of rotatable bonds is 0. The molecule has 2 N–H and O–H groups in total. The summed E-state index contributed by atoms with van der Waals surface area (Å²) in [7, 11) is 0. The fourth-order valence-corrected chi connectivity index (χ4v) is 10.00. The molecule has 6 heteroatoms. The lowest BCUT2D eigenvalue weighted by molar-refractivity contribution is -0.167. The van der Waals surface area contributed by atoms with E-state index in [1.165, 1.54) is 0 Å². The van der Waals surface area contributed by atoms with Crippen molar-refractivity contribution in [2.75, 3.05) is 0 Å². The number of hydrogen-bond acceptors (Lipinski definition) is 6. The maximum atomic E-state index is 13.1. The maximum absolute atomic E-state index is 13.1. The number of esters is 1. The standard InChI is InChI=1S/C25H30N2O4/c1-21-6-3-14(28)18-19(27)13(9-23(18,21)12-26)25(11-21)16-4-7-24(8-5-17(29)31-24)22(16,2)10-15-20(25)30-15/h15-16,18,20H,3-11,27H2,1-2H3. The summed E-state index contributed by atoms with van der Waals surface area (Å²) in [6.45, 7) is 4.55. The molecule has 0 radical (unpaired) electrons. The number of nitriles is 1. The average molecular weight is 423 g/mol. The van der Waals surface area contributed by atoms with Gasteiger partial charge in [0.15, 0.2) is 0 Å². The number of Topliss-reactive ketones (excluding diaryl/α,β-unsaturated/α-hetero) is 1. The minimum atomic E-state index is -0.707. The fraction of sp³-hybridized carbons (Fsp3) is 0.800. The monoisotopic (exact) mass is 422 g/mol. The SMILES string of the molecule is CC12CCC(=O)C3C(N)=C(CC31C#N)C1(C2)C2OC2CC2(C)C1CCC21CCC(=O)O1. The number of allylic oxidation sites excluding steroid dienone is 1. The van der Waals surface area contributed by atoms with Gasteiger partial charge in [-0.15, -0.1) is 0 Å². The first-order valence-corrected chi connectivity index (χ1v) is 12.0. The van der Waals surface area contributed by atoms with E-state index < -0.39 is 16.9 Å². The van der Waals surface area contributed by atoms with Gasteiger partial charge in [0, 0.05) is 29.4 Å². The Morgan fingerprint density at radius 3 is 2.68 bits per heavy atom. The van der Waals surface area contributed by atoms with E-state index in [4.69, 9.17) is 15.2 Å². The van der Waals surface area contributed by atoms with Crippen molar-refractivity contribution in [1.29, 1.82) is 5.26 Å². The third-order valence-electron chi connectivity index (χ3n) is 11.4. The normalized spacial score (nSPS) is 58.4. The average Bonchev–Trinajstić information content (AvgIpc) is 3.16. The molecular weight excluding hydrogens is 392 g/mol. The number of ketones is 1. The molecule has 2 saturated heterocycles. The van der Waals surface area contributed by atoms with Crippen LogP contribution in [0.25, 0.3) is 0 Å². The Morgan fingerprint density at radius 1 is 1.16 bits per heavy atom. The van der Waals surface area contributed by atoms with Crippen LogP contribution in [0.4, 0.5) is 0 Å². The maximum Gasteiger partial charge on any atom is 0.306 e. The van der Waals surface area contributed by atoms with E-state index in [-0.39, 0.29) is 40.2 Å². The van der Waals surface area contributed by atoms with Crippen LogP contribution in [0.2, 0.25) is 0 Å². The van der Waals surface area contributed by atoms with Gasteiger partial charge in [-0.25, -0.2) is 0 Å². The number of hydrogen-bond donors (Lipinski definition) is 1. The molecule has 0 aromatic carbocycles. The molecule has 0 amide bonds. The summed E-state index contributed by atoms with van der Waals surface area (Å²) >= 11 is 0. The van der Waals surface area contributed by atoms with Crippen molar-refractivity contribution in [3.8, 4) is 6.07 Å². The third-order valence-corrected chi connectivity index (χ3v) is 11.4. The van der Waals surface area contributed by atoms with E-state index in [1.807, 2.05) is 0 Å². The molecule has 31 heavy (non-hydrogen) atoms. The van der Waals surface area contributed by atoms with Crippen LogP contribution < -0.4 is 5.73 Å². The second-order valence-corrected chi connectivity index (χ2v) is 12.1. The molecule has 6 fully saturated rings. The van der Waals surface area contributed by atoms with Crippen molar-refractivity contribution in [3.63, 3.8) is 0 Å². The van der Waals surface area contributed by atoms with Gasteiger partial charge in [0.2, 0.25) is 0 Å². The Morgan fingerprint density at radius 2 is 1.97 bits per heavy atom. The molecule has 2 heterocycles.